The van der Waals surface area contributed by atoms with Crippen LogP contribution in [-0.4, -0.2) is 47.1 Å². The summed E-state index contributed by atoms with van der Waals surface area (Å²) in [6, 6.07) is 7.70. The van der Waals surface area contributed by atoms with Crippen molar-refractivity contribution in [2.24, 2.45) is 0 Å². The van der Waals surface area contributed by atoms with Crippen LogP contribution in [0.15, 0.2) is 59.1 Å². The smallest absolute Gasteiger partial charge is 0.265 e. The Morgan fingerprint density at radius 2 is 2.25 bits per heavy atom. The van der Waals surface area contributed by atoms with Gasteiger partial charge in [0.2, 0.25) is 5.91 Å². The first kappa shape index (κ1) is 20.5. The van der Waals surface area contributed by atoms with E-state index in [-0.39, 0.29) is 23.9 Å². The lowest BCUT2D eigenvalue weighted by Crippen LogP contribution is -2.31. The van der Waals surface area contributed by atoms with E-state index < -0.39 is 0 Å². The highest BCUT2D eigenvalue weighted by Gasteiger charge is 2.29. The van der Waals surface area contributed by atoms with E-state index in [0.29, 0.717) is 28.5 Å². The second-order valence-corrected chi connectivity index (χ2v) is 8.86. The Morgan fingerprint density at radius 3 is 3.06 bits per heavy atom. The van der Waals surface area contributed by atoms with Crippen LogP contribution in [0.4, 0.5) is 0 Å². The molecule has 1 amide bonds. The third kappa shape index (κ3) is 3.93. The molecule has 4 heterocycles. The summed E-state index contributed by atoms with van der Waals surface area (Å²) in [5.74, 6) is 0.589. The summed E-state index contributed by atoms with van der Waals surface area (Å²) in [6.45, 7) is 3.40. The van der Waals surface area contributed by atoms with Crippen LogP contribution in [0.5, 0.6) is 0 Å². The van der Waals surface area contributed by atoms with Gasteiger partial charge in [0.05, 0.1) is 24.3 Å². The van der Waals surface area contributed by atoms with Gasteiger partial charge in [0, 0.05) is 37.7 Å². The predicted octanol–water partition coefficient (Wildman–Crippen LogP) is 2.33. The van der Waals surface area contributed by atoms with Gasteiger partial charge in [0.1, 0.15) is 5.39 Å². The Hall–Kier alpha value is -3.40. The number of amides is 1. The van der Waals surface area contributed by atoms with Gasteiger partial charge >= 0.3 is 0 Å². The molecule has 0 fully saturated rings. The number of imidazole rings is 1. The Kier molecular flexibility index (Phi) is 5.52. The van der Waals surface area contributed by atoms with Gasteiger partial charge in [0.25, 0.3) is 5.56 Å². The van der Waals surface area contributed by atoms with Crippen LogP contribution < -0.4 is 10.9 Å². The Balaban J connectivity index is 1.31. The van der Waals surface area contributed by atoms with Crippen molar-refractivity contribution in [3.05, 3.63) is 65.1 Å². The lowest BCUT2D eigenvalue weighted by atomic mass is 10.2. The van der Waals surface area contributed by atoms with Crippen molar-refractivity contribution in [2.75, 3.05) is 12.3 Å². The number of nitrogens with zero attached hydrogens (tertiary/aromatic N) is 6. The highest BCUT2D eigenvalue weighted by atomic mass is 32.2. The summed E-state index contributed by atoms with van der Waals surface area (Å²) in [5, 5.41) is 8.46. The molecule has 3 aromatic heterocycles. The number of aromatic nitrogens is 6. The first-order chi connectivity index (χ1) is 15.6. The summed E-state index contributed by atoms with van der Waals surface area (Å²) in [5.41, 5.74) is 2.37. The number of fused-ring (bicyclic) bond motifs is 2. The highest BCUT2D eigenvalue weighted by Crippen LogP contribution is 2.33. The number of carbonyl (C=O) groups is 1. The van der Waals surface area contributed by atoms with Gasteiger partial charge in [0.15, 0.2) is 10.8 Å². The molecule has 164 valence electrons. The molecule has 0 bridgehead atoms. The van der Waals surface area contributed by atoms with E-state index in [9.17, 15) is 9.59 Å². The zero-order valence-electron chi connectivity index (χ0n) is 17.6. The van der Waals surface area contributed by atoms with E-state index in [1.165, 1.54) is 11.8 Å². The second kappa shape index (κ2) is 8.62. The van der Waals surface area contributed by atoms with Gasteiger partial charge in [-0.2, -0.15) is 5.10 Å². The fourth-order valence-electron chi connectivity index (χ4n) is 3.92. The predicted molar refractivity (Wildman–Crippen MR) is 122 cm³/mol. The summed E-state index contributed by atoms with van der Waals surface area (Å²) < 4.78 is 5.33. The second-order valence-electron chi connectivity index (χ2n) is 7.88. The fraction of sp³-hybridized carbons (Fsp3) is 0.318. The van der Waals surface area contributed by atoms with Crippen molar-refractivity contribution in [1.29, 1.82) is 0 Å². The maximum absolute atomic E-state index is 13.2. The van der Waals surface area contributed by atoms with Crippen LogP contribution in [0, 0.1) is 6.92 Å². The van der Waals surface area contributed by atoms with Crippen LogP contribution in [0.2, 0.25) is 0 Å². The van der Waals surface area contributed by atoms with E-state index in [0.717, 1.165) is 24.2 Å². The number of rotatable bonds is 7. The summed E-state index contributed by atoms with van der Waals surface area (Å²) in [7, 11) is 0. The van der Waals surface area contributed by atoms with Crippen molar-refractivity contribution in [1.82, 2.24) is 34.2 Å². The summed E-state index contributed by atoms with van der Waals surface area (Å²) in [4.78, 5) is 34.4. The van der Waals surface area contributed by atoms with E-state index in [1.54, 1.807) is 28.0 Å². The maximum Gasteiger partial charge on any atom is 0.265 e. The quantitative estimate of drug-likeness (QED) is 0.343. The topological polar surface area (TPSA) is 99.6 Å². The third-order valence-electron chi connectivity index (χ3n) is 5.51. The number of nitrogens with one attached hydrogen (secondary N) is 1. The van der Waals surface area contributed by atoms with E-state index in [1.807, 2.05) is 42.0 Å². The van der Waals surface area contributed by atoms with Crippen molar-refractivity contribution in [2.45, 2.75) is 37.5 Å². The average molecular weight is 450 g/mol. The average Bonchev–Trinajstić information content (AvgIpc) is 3.52. The molecule has 0 saturated heterocycles. The molecule has 5 rings (SSSR count). The minimum Gasteiger partial charge on any atom is -0.356 e. The standard InChI is InChI=1S/C22H23N7O2S/c1-15-4-2-5-16(10-15)29-20-18(12-25-29)21(31)28-17(13-32-22(28)26-20)11-19(30)24-6-3-8-27-9-7-23-14-27/h2,4-5,7,9-10,12,14,17H,3,6,8,11,13H2,1H3,(H,24,30). The summed E-state index contributed by atoms with van der Waals surface area (Å²) >= 11 is 1.50. The van der Waals surface area contributed by atoms with Gasteiger partial charge < -0.3 is 9.88 Å². The van der Waals surface area contributed by atoms with Gasteiger partial charge in [-0.1, -0.05) is 23.9 Å². The number of thioether (sulfide) groups is 1. The molecule has 32 heavy (non-hydrogen) atoms. The van der Waals surface area contributed by atoms with Crippen LogP contribution in [0.25, 0.3) is 16.7 Å². The van der Waals surface area contributed by atoms with E-state index in [4.69, 9.17) is 4.98 Å². The molecule has 1 unspecified atom stereocenters. The van der Waals surface area contributed by atoms with Gasteiger partial charge in [-0.05, 0) is 31.0 Å². The van der Waals surface area contributed by atoms with Crippen molar-refractivity contribution in [3.8, 4) is 5.69 Å². The zero-order chi connectivity index (χ0) is 22.1. The maximum atomic E-state index is 13.2. The van der Waals surface area contributed by atoms with Crippen LogP contribution in [0.1, 0.15) is 24.4 Å². The molecule has 1 aliphatic heterocycles. The lowest BCUT2D eigenvalue weighted by Gasteiger charge is -2.13. The SMILES string of the molecule is Cc1cccc(-n2ncc3c(=O)n4c(nc32)SCC4CC(=O)NCCCn2ccnc2)c1. The first-order valence-electron chi connectivity index (χ1n) is 10.5. The number of aryl methyl sites for hydroxylation is 2. The molecular formula is C22H23N7O2S. The van der Waals surface area contributed by atoms with Crippen LogP contribution >= 0.6 is 11.8 Å². The van der Waals surface area contributed by atoms with Crippen molar-refractivity contribution in [3.63, 3.8) is 0 Å². The van der Waals surface area contributed by atoms with Gasteiger partial charge in [-0.15, -0.1) is 0 Å². The Bertz CT molecular complexity index is 1330. The van der Waals surface area contributed by atoms with Gasteiger partial charge in [-0.3, -0.25) is 14.2 Å². The zero-order valence-corrected chi connectivity index (χ0v) is 18.5. The third-order valence-corrected chi connectivity index (χ3v) is 6.61. The van der Waals surface area contributed by atoms with Crippen LogP contribution in [-0.2, 0) is 11.3 Å². The van der Waals surface area contributed by atoms with Gasteiger partial charge in [-0.25, -0.2) is 14.6 Å². The molecular weight excluding hydrogens is 426 g/mol. The molecule has 0 spiro atoms. The number of hydrogen-bond donors (Lipinski definition) is 1. The number of carbonyl (C=O) groups excluding carboxylic acids is 1. The number of benzene rings is 1. The molecule has 1 N–H and O–H groups in total. The highest BCUT2D eigenvalue weighted by molar-refractivity contribution is 7.99. The molecule has 1 aromatic carbocycles. The molecule has 0 aliphatic carbocycles. The lowest BCUT2D eigenvalue weighted by molar-refractivity contribution is -0.121. The van der Waals surface area contributed by atoms with E-state index >= 15 is 0 Å². The molecule has 0 radical (unpaired) electrons. The minimum absolute atomic E-state index is 0.0588. The normalized spacial score (nSPS) is 15.2. The van der Waals surface area contributed by atoms with E-state index in [2.05, 4.69) is 15.4 Å². The largest absolute Gasteiger partial charge is 0.356 e. The first-order valence-corrected chi connectivity index (χ1v) is 11.5. The van der Waals surface area contributed by atoms with Crippen molar-refractivity contribution < 1.29 is 4.79 Å². The molecule has 1 atom stereocenters. The molecule has 9 nitrogen and oxygen atoms in total. The summed E-state index contributed by atoms with van der Waals surface area (Å²) in [6.07, 6.45) is 8.03. The molecule has 4 aromatic rings. The monoisotopic (exact) mass is 449 g/mol. The van der Waals surface area contributed by atoms with Crippen LogP contribution in [0.3, 0.4) is 0 Å². The Labute approximate surface area is 188 Å². The fourth-order valence-corrected chi connectivity index (χ4v) is 5.05. The Morgan fingerprint density at radius 1 is 1.34 bits per heavy atom. The number of hydrogen-bond acceptors (Lipinski definition) is 6. The minimum atomic E-state index is -0.213. The molecule has 1 aliphatic rings. The molecule has 10 heteroatoms. The van der Waals surface area contributed by atoms with Crippen molar-refractivity contribution >= 4 is 28.7 Å². The molecule has 0 saturated carbocycles.